The Kier molecular flexibility index (Phi) is 6.66. The van der Waals surface area contributed by atoms with E-state index in [-0.39, 0.29) is 16.8 Å². The first-order valence-corrected chi connectivity index (χ1v) is 8.67. The van der Waals surface area contributed by atoms with Crippen molar-refractivity contribution in [1.82, 2.24) is 0 Å². The van der Waals surface area contributed by atoms with Crippen molar-refractivity contribution in [2.75, 3.05) is 30.4 Å². The van der Waals surface area contributed by atoms with Crippen molar-refractivity contribution >= 4 is 23.3 Å². The van der Waals surface area contributed by atoms with Gasteiger partial charge in [-0.25, -0.2) is 4.79 Å². The maximum absolute atomic E-state index is 12.8. The number of hydrogen-bond donors (Lipinski definition) is 1. The van der Waals surface area contributed by atoms with E-state index in [1.54, 1.807) is 12.1 Å². The lowest BCUT2D eigenvalue weighted by Crippen LogP contribution is -2.26. The summed E-state index contributed by atoms with van der Waals surface area (Å²) in [4.78, 5) is 26.6. The van der Waals surface area contributed by atoms with Gasteiger partial charge >= 0.3 is 12.1 Å². The van der Waals surface area contributed by atoms with Crippen LogP contribution in [-0.4, -0.2) is 32.1 Å². The van der Waals surface area contributed by atoms with Crippen molar-refractivity contribution in [3.05, 3.63) is 59.2 Å². The Morgan fingerprint density at radius 1 is 1.04 bits per heavy atom. The Morgan fingerprint density at radius 2 is 1.64 bits per heavy atom. The molecule has 8 heteroatoms. The van der Waals surface area contributed by atoms with Crippen LogP contribution in [0.1, 0.15) is 40.1 Å². The molecule has 2 aromatic rings. The number of alkyl halides is 3. The Labute approximate surface area is 161 Å². The molecule has 5 nitrogen and oxygen atoms in total. The Balaban J connectivity index is 2.37. The van der Waals surface area contributed by atoms with E-state index in [4.69, 9.17) is 4.74 Å². The van der Waals surface area contributed by atoms with E-state index >= 15 is 0 Å². The third kappa shape index (κ3) is 4.82. The highest BCUT2D eigenvalue weighted by Crippen LogP contribution is 2.30. The summed E-state index contributed by atoms with van der Waals surface area (Å²) in [5, 5.41) is 2.58. The average Bonchev–Trinajstić information content (AvgIpc) is 2.68. The van der Waals surface area contributed by atoms with Crippen LogP contribution < -0.4 is 10.2 Å². The Hall–Kier alpha value is -3.03. The minimum Gasteiger partial charge on any atom is -0.465 e. The lowest BCUT2D eigenvalue weighted by Gasteiger charge is -2.24. The summed E-state index contributed by atoms with van der Waals surface area (Å²) in [6.07, 6.45) is -4.45. The number of rotatable bonds is 6. The predicted octanol–water partition coefficient (Wildman–Crippen LogP) is 4.59. The molecule has 150 valence electrons. The minimum atomic E-state index is -4.45. The molecule has 2 rings (SSSR count). The number of halogens is 3. The molecule has 0 aromatic heterocycles. The molecule has 0 aliphatic carbocycles. The zero-order valence-electron chi connectivity index (χ0n) is 15.8. The highest BCUT2D eigenvalue weighted by Gasteiger charge is 2.30. The molecule has 28 heavy (non-hydrogen) atoms. The molecule has 0 bridgehead atoms. The van der Waals surface area contributed by atoms with Gasteiger partial charge < -0.3 is 15.0 Å². The lowest BCUT2D eigenvalue weighted by molar-refractivity contribution is -0.137. The fraction of sp³-hybridized carbons (Fsp3) is 0.300. The average molecular weight is 394 g/mol. The fourth-order valence-electron chi connectivity index (χ4n) is 2.74. The van der Waals surface area contributed by atoms with E-state index in [9.17, 15) is 22.8 Å². The van der Waals surface area contributed by atoms with Crippen LogP contribution in [0.4, 0.5) is 24.5 Å². The summed E-state index contributed by atoms with van der Waals surface area (Å²) < 4.78 is 42.7. The highest BCUT2D eigenvalue weighted by atomic mass is 19.4. The van der Waals surface area contributed by atoms with Gasteiger partial charge in [0.2, 0.25) is 0 Å². The van der Waals surface area contributed by atoms with Gasteiger partial charge in [-0.1, -0.05) is 0 Å². The largest absolute Gasteiger partial charge is 0.465 e. The van der Waals surface area contributed by atoms with Crippen molar-refractivity contribution in [3.8, 4) is 0 Å². The molecule has 0 fully saturated rings. The number of nitrogens with one attached hydrogen (secondary N) is 1. The summed E-state index contributed by atoms with van der Waals surface area (Å²) in [5.41, 5.74) is 0.457. The standard InChI is InChI=1S/C20H21F3N2O3/c1-4-25(5-2)17-11-6-13(19(27)28-3)12-16(17)18(26)24-15-9-7-14(8-10-15)20(21,22)23/h6-12H,4-5H2,1-3H3,(H,24,26). The Bertz CT molecular complexity index is 845. The second-order valence-corrected chi connectivity index (χ2v) is 5.93. The van der Waals surface area contributed by atoms with Crippen LogP contribution >= 0.6 is 0 Å². The van der Waals surface area contributed by atoms with Gasteiger partial charge in [0.15, 0.2) is 0 Å². The molecule has 0 saturated carbocycles. The lowest BCUT2D eigenvalue weighted by atomic mass is 10.1. The van der Waals surface area contributed by atoms with Crippen molar-refractivity contribution in [2.45, 2.75) is 20.0 Å². The van der Waals surface area contributed by atoms with Crippen LogP contribution in [-0.2, 0) is 10.9 Å². The maximum atomic E-state index is 12.8. The number of methoxy groups -OCH3 is 1. The molecule has 0 heterocycles. The van der Waals surface area contributed by atoms with Crippen LogP contribution in [0.25, 0.3) is 0 Å². The number of benzene rings is 2. The van der Waals surface area contributed by atoms with E-state index in [1.807, 2.05) is 18.7 Å². The zero-order chi connectivity index (χ0) is 20.9. The molecule has 0 spiro atoms. The highest BCUT2D eigenvalue weighted by molar-refractivity contribution is 6.09. The number of ether oxygens (including phenoxy) is 1. The number of nitrogens with zero attached hydrogens (tertiary/aromatic N) is 1. The SMILES string of the molecule is CCN(CC)c1ccc(C(=O)OC)cc1C(=O)Nc1ccc(C(F)(F)F)cc1. The van der Waals surface area contributed by atoms with Crippen LogP contribution in [0.5, 0.6) is 0 Å². The summed E-state index contributed by atoms with van der Waals surface area (Å²) in [5.74, 6) is -1.12. The smallest absolute Gasteiger partial charge is 0.416 e. The number of carbonyl (C=O) groups is 2. The normalized spacial score (nSPS) is 11.1. The van der Waals surface area contributed by atoms with Gasteiger partial charge in [0.1, 0.15) is 0 Å². The van der Waals surface area contributed by atoms with Crippen LogP contribution in [0.2, 0.25) is 0 Å². The summed E-state index contributed by atoms with van der Waals surface area (Å²) in [7, 11) is 1.24. The van der Waals surface area contributed by atoms with E-state index in [1.165, 1.54) is 25.3 Å². The number of hydrogen-bond acceptors (Lipinski definition) is 4. The minimum absolute atomic E-state index is 0.205. The van der Waals surface area contributed by atoms with E-state index < -0.39 is 23.6 Å². The van der Waals surface area contributed by atoms with Gasteiger partial charge in [-0.15, -0.1) is 0 Å². The quantitative estimate of drug-likeness (QED) is 0.728. The second-order valence-electron chi connectivity index (χ2n) is 5.93. The van der Waals surface area contributed by atoms with E-state index in [2.05, 4.69) is 5.32 Å². The first kappa shape index (κ1) is 21.3. The Morgan fingerprint density at radius 3 is 2.14 bits per heavy atom. The predicted molar refractivity (Wildman–Crippen MR) is 101 cm³/mol. The summed E-state index contributed by atoms with van der Waals surface area (Å²) >= 11 is 0. The first-order valence-electron chi connectivity index (χ1n) is 8.67. The monoisotopic (exact) mass is 394 g/mol. The fourth-order valence-corrected chi connectivity index (χ4v) is 2.74. The van der Waals surface area contributed by atoms with Crippen LogP contribution in [0.15, 0.2) is 42.5 Å². The summed E-state index contributed by atoms with van der Waals surface area (Å²) in [6, 6.07) is 8.79. The maximum Gasteiger partial charge on any atom is 0.416 e. The molecule has 0 radical (unpaired) electrons. The van der Waals surface area contributed by atoms with Gasteiger partial charge in [-0.05, 0) is 56.3 Å². The van der Waals surface area contributed by atoms with Gasteiger partial charge in [0.05, 0.1) is 23.8 Å². The third-order valence-corrected chi connectivity index (χ3v) is 4.24. The molecular formula is C20H21F3N2O3. The van der Waals surface area contributed by atoms with Crippen molar-refractivity contribution < 1.29 is 27.5 Å². The van der Waals surface area contributed by atoms with Crippen LogP contribution in [0.3, 0.4) is 0 Å². The molecule has 1 N–H and O–H groups in total. The molecule has 2 aromatic carbocycles. The molecule has 0 aliphatic rings. The first-order chi connectivity index (χ1) is 13.2. The number of esters is 1. The topological polar surface area (TPSA) is 58.6 Å². The number of anilines is 2. The van der Waals surface area contributed by atoms with Crippen LogP contribution in [0, 0.1) is 0 Å². The van der Waals surface area contributed by atoms with E-state index in [0.29, 0.717) is 18.8 Å². The molecule has 0 aliphatic heterocycles. The van der Waals surface area contributed by atoms with E-state index in [0.717, 1.165) is 12.1 Å². The number of amides is 1. The summed E-state index contributed by atoms with van der Waals surface area (Å²) in [6.45, 7) is 5.12. The zero-order valence-corrected chi connectivity index (χ0v) is 15.8. The van der Waals surface area contributed by atoms with Gasteiger partial charge in [0, 0.05) is 24.5 Å². The van der Waals surface area contributed by atoms with Gasteiger partial charge in [0.25, 0.3) is 5.91 Å². The van der Waals surface area contributed by atoms with Gasteiger partial charge in [-0.2, -0.15) is 13.2 Å². The molecular weight excluding hydrogens is 373 g/mol. The van der Waals surface area contributed by atoms with Crippen molar-refractivity contribution in [3.63, 3.8) is 0 Å². The second kappa shape index (κ2) is 8.77. The molecule has 1 amide bonds. The van der Waals surface area contributed by atoms with Crippen molar-refractivity contribution in [1.29, 1.82) is 0 Å². The van der Waals surface area contributed by atoms with Gasteiger partial charge in [-0.3, -0.25) is 4.79 Å². The third-order valence-electron chi connectivity index (χ3n) is 4.24. The molecule has 0 unspecified atom stereocenters. The number of carbonyl (C=O) groups excluding carboxylic acids is 2. The molecule has 0 saturated heterocycles. The molecule has 0 atom stereocenters. The van der Waals surface area contributed by atoms with Crippen molar-refractivity contribution in [2.24, 2.45) is 0 Å².